The van der Waals surface area contributed by atoms with Crippen LogP contribution in [0.3, 0.4) is 0 Å². The lowest BCUT2D eigenvalue weighted by Crippen LogP contribution is -2.13. The predicted molar refractivity (Wildman–Crippen MR) is 71.6 cm³/mol. The van der Waals surface area contributed by atoms with Crippen LogP contribution in [-0.4, -0.2) is 4.98 Å². The number of nitrogens with two attached hydrogens (primary N) is 1. The van der Waals surface area contributed by atoms with Crippen LogP contribution in [0.4, 0.5) is 4.39 Å². The third-order valence-corrected chi connectivity index (χ3v) is 4.23. The molecule has 0 aliphatic carbocycles. The molecule has 0 radical (unpaired) electrons. The van der Waals surface area contributed by atoms with Gasteiger partial charge < -0.3 is 5.73 Å². The Kier molecular flexibility index (Phi) is 3.91. The number of hydrogen-bond acceptors (Lipinski definition) is 3. The minimum Gasteiger partial charge on any atom is -0.323 e. The summed E-state index contributed by atoms with van der Waals surface area (Å²) in [7, 11) is 0. The summed E-state index contributed by atoms with van der Waals surface area (Å²) >= 11 is 4.74. The minimum atomic E-state index is -0.253. The van der Waals surface area contributed by atoms with Crippen molar-refractivity contribution in [1.29, 1.82) is 0 Å². The summed E-state index contributed by atoms with van der Waals surface area (Å²) in [5, 5.41) is 0. The smallest absolute Gasteiger partial charge is 0.137 e. The zero-order valence-electron chi connectivity index (χ0n) is 9.28. The number of halogens is 2. The molecule has 17 heavy (non-hydrogen) atoms. The highest BCUT2D eigenvalue weighted by atomic mass is 79.9. The molecule has 0 spiro atoms. The Morgan fingerprint density at radius 1 is 1.53 bits per heavy atom. The summed E-state index contributed by atoms with van der Waals surface area (Å²) in [4.78, 5) is 5.27. The normalized spacial score (nSPS) is 12.7. The van der Waals surface area contributed by atoms with Crippen LogP contribution >= 0.6 is 27.3 Å². The van der Waals surface area contributed by atoms with Crippen LogP contribution in [0, 0.1) is 12.7 Å². The first-order valence-electron chi connectivity index (χ1n) is 5.17. The van der Waals surface area contributed by atoms with E-state index in [0.717, 1.165) is 16.1 Å². The summed E-state index contributed by atoms with van der Waals surface area (Å²) in [6, 6.07) is 4.90. The molecule has 2 rings (SSSR count). The van der Waals surface area contributed by atoms with Gasteiger partial charge >= 0.3 is 0 Å². The highest BCUT2D eigenvalue weighted by Gasteiger charge is 2.12. The fourth-order valence-electron chi connectivity index (χ4n) is 1.68. The van der Waals surface area contributed by atoms with Gasteiger partial charge in [0.1, 0.15) is 5.82 Å². The molecule has 1 atom stereocenters. The summed E-state index contributed by atoms with van der Waals surface area (Å²) in [6.07, 6.45) is 0.682. The average Bonchev–Trinajstić information content (AvgIpc) is 2.70. The molecule has 0 amide bonds. The van der Waals surface area contributed by atoms with E-state index in [1.807, 2.05) is 6.92 Å². The van der Waals surface area contributed by atoms with E-state index in [1.54, 1.807) is 29.0 Å². The molecule has 1 aromatic carbocycles. The fourth-order valence-corrected chi connectivity index (χ4v) is 2.91. The van der Waals surface area contributed by atoms with Gasteiger partial charge in [-0.2, -0.15) is 0 Å². The lowest BCUT2D eigenvalue weighted by Gasteiger charge is -2.11. The first-order chi connectivity index (χ1) is 8.08. The Labute approximate surface area is 112 Å². The summed E-state index contributed by atoms with van der Waals surface area (Å²) in [5.74, 6) is -0.253. The third-order valence-electron chi connectivity index (χ3n) is 2.56. The quantitative estimate of drug-likeness (QED) is 0.940. The van der Waals surface area contributed by atoms with Gasteiger partial charge in [0.15, 0.2) is 0 Å². The van der Waals surface area contributed by atoms with E-state index in [2.05, 4.69) is 20.9 Å². The molecule has 0 bridgehead atoms. The molecule has 2 nitrogen and oxygen atoms in total. The molecule has 2 aromatic rings. The van der Waals surface area contributed by atoms with Crippen molar-refractivity contribution in [3.05, 3.63) is 50.1 Å². The number of nitrogens with zero attached hydrogens (tertiary/aromatic N) is 1. The topological polar surface area (TPSA) is 38.9 Å². The molecule has 5 heteroatoms. The van der Waals surface area contributed by atoms with Gasteiger partial charge in [0.25, 0.3) is 0 Å². The van der Waals surface area contributed by atoms with E-state index in [4.69, 9.17) is 5.73 Å². The van der Waals surface area contributed by atoms with E-state index >= 15 is 0 Å². The second kappa shape index (κ2) is 5.25. The molecule has 0 aliphatic heterocycles. The van der Waals surface area contributed by atoms with Crippen LogP contribution < -0.4 is 5.73 Å². The highest BCUT2D eigenvalue weighted by Crippen LogP contribution is 2.25. The van der Waals surface area contributed by atoms with Crippen molar-refractivity contribution in [2.24, 2.45) is 5.73 Å². The van der Waals surface area contributed by atoms with Crippen LogP contribution in [0.5, 0.6) is 0 Å². The van der Waals surface area contributed by atoms with Gasteiger partial charge in [-0.25, -0.2) is 9.37 Å². The number of benzene rings is 1. The number of aromatic nitrogens is 1. The van der Waals surface area contributed by atoms with E-state index in [0.29, 0.717) is 10.9 Å². The lowest BCUT2D eigenvalue weighted by molar-refractivity contribution is 0.619. The molecule has 0 saturated heterocycles. The Morgan fingerprint density at radius 3 is 2.88 bits per heavy atom. The Hall–Kier alpha value is -0.780. The number of rotatable bonds is 3. The average molecular weight is 315 g/mol. The monoisotopic (exact) mass is 314 g/mol. The number of thiazole rings is 1. The molecule has 90 valence electrons. The van der Waals surface area contributed by atoms with Crippen molar-refractivity contribution in [1.82, 2.24) is 4.98 Å². The highest BCUT2D eigenvalue weighted by molar-refractivity contribution is 9.10. The van der Waals surface area contributed by atoms with Crippen molar-refractivity contribution in [3.63, 3.8) is 0 Å². The van der Waals surface area contributed by atoms with E-state index < -0.39 is 0 Å². The summed E-state index contributed by atoms with van der Waals surface area (Å²) in [5.41, 5.74) is 9.91. The van der Waals surface area contributed by atoms with Crippen molar-refractivity contribution < 1.29 is 4.39 Å². The van der Waals surface area contributed by atoms with Crippen molar-refractivity contribution in [2.75, 3.05) is 0 Å². The largest absolute Gasteiger partial charge is 0.323 e. The van der Waals surface area contributed by atoms with Gasteiger partial charge in [-0.1, -0.05) is 6.07 Å². The van der Waals surface area contributed by atoms with Gasteiger partial charge in [0.05, 0.1) is 15.7 Å². The minimum absolute atomic E-state index is 0.0835. The number of hydrogen-bond donors (Lipinski definition) is 1. The maximum absolute atomic E-state index is 13.1. The predicted octanol–water partition coefficient (Wildman–Crippen LogP) is 3.60. The van der Waals surface area contributed by atoms with E-state index in [9.17, 15) is 4.39 Å². The SMILES string of the molecule is Cc1ncsc1C(N)Cc1ccc(F)c(Br)c1. The van der Waals surface area contributed by atoms with E-state index in [1.165, 1.54) is 6.07 Å². The second-order valence-corrected chi connectivity index (χ2v) is 5.60. The van der Waals surface area contributed by atoms with Crippen molar-refractivity contribution in [3.8, 4) is 0 Å². The van der Waals surface area contributed by atoms with Crippen LogP contribution in [-0.2, 0) is 6.42 Å². The Bertz CT molecular complexity index is 527. The Morgan fingerprint density at radius 2 is 2.29 bits per heavy atom. The lowest BCUT2D eigenvalue weighted by atomic mass is 10.0. The van der Waals surface area contributed by atoms with Crippen molar-refractivity contribution in [2.45, 2.75) is 19.4 Å². The first kappa shape index (κ1) is 12.7. The van der Waals surface area contributed by atoms with Crippen molar-refractivity contribution >= 4 is 27.3 Å². The Balaban J connectivity index is 2.16. The number of aryl methyl sites for hydroxylation is 1. The molecule has 0 aliphatic rings. The van der Waals surface area contributed by atoms with Gasteiger partial charge in [0, 0.05) is 10.9 Å². The summed E-state index contributed by atoms with van der Waals surface area (Å²) in [6.45, 7) is 1.95. The van der Waals surface area contributed by atoms with Gasteiger partial charge in [-0.3, -0.25) is 0 Å². The van der Waals surface area contributed by atoms with Gasteiger partial charge in [-0.05, 0) is 47.0 Å². The molecule has 0 fully saturated rings. The van der Waals surface area contributed by atoms with Gasteiger partial charge in [-0.15, -0.1) is 11.3 Å². The van der Waals surface area contributed by atoms with Crippen LogP contribution in [0.2, 0.25) is 0 Å². The maximum atomic E-state index is 13.1. The van der Waals surface area contributed by atoms with Crippen LogP contribution in [0.25, 0.3) is 0 Å². The zero-order chi connectivity index (χ0) is 12.4. The first-order valence-corrected chi connectivity index (χ1v) is 6.84. The molecular formula is C12H12BrFN2S. The molecule has 1 unspecified atom stereocenters. The molecule has 0 saturated carbocycles. The zero-order valence-corrected chi connectivity index (χ0v) is 11.7. The van der Waals surface area contributed by atoms with E-state index in [-0.39, 0.29) is 11.9 Å². The molecule has 1 aromatic heterocycles. The molecule has 1 heterocycles. The standard InChI is InChI=1S/C12H12BrFN2S/c1-7-12(17-6-16-7)11(15)5-8-2-3-10(14)9(13)4-8/h2-4,6,11H,5,15H2,1H3. The van der Waals surface area contributed by atoms with Crippen LogP contribution in [0.1, 0.15) is 22.2 Å². The fraction of sp³-hybridized carbons (Fsp3) is 0.250. The third kappa shape index (κ3) is 2.91. The summed E-state index contributed by atoms with van der Waals surface area (Å²) < 4.78 is 13.6. The maximum Gasteiger partial charge on any atom is 0.137 e. The molecular weight excluding hydrogens is 303 g/mol. The molecule has 2 N–H and O–H groups in total. The van der Waals surface area contributed by atoms with Gasteiger partial charge in [0.2, 0.25) is 0 Å². The van der Waals surface area contributed by atoms with Crippen LogP contribution in [0.15, 0.2) is 28.2 Å². The second-order valence-electron chi connectivity index (χ2n) is 3.86.